The molecule has 160 valence electrons. The molecule has 0 aliphatic carbocycles. The number of hydrogen-bond acceptors (Lipinski definition) is 8. The summed E-state index contributed by atoms with van der Waals surface area (Å²) in [7, 11) is 1.57. The van der Waals surface area contributed by atoms with Crippen LogP contribution in [0.15, 0.2) is 42.7 Å². The van der Waals surface area contributed by atoms with Gasteiger partial charge in [0.15, 0.2) is 5.13 Å². The maximum Gasteiger partial charge on any atom is 0.242 e. The van der Waals surface area contributed by atoms with Crippen LogP contribution in [-0.2, 0) is 9.59 Å². The maximum atomic E-state index is 12.4. The van der Waals surface area contributed by atoms with Gasteiger partial charge in [-0.2, -0.15) is 0 Å². The van der Waals surface area contributed by atoms with Crippen molar-refractivity contribution < 1.29 is 9.59 Å². The van der Waals surface area contributed by atoms with Gasteiger partial charge in [0.1, 0.15) is 11.6 Å². The molecule has 31 heavy (non-hydrogen) atoms. The number of rotatable bonds is 6. The summed E-state index contributed by atoms with van der Waals surface area (Å²) in [6, 6.07) is 9.65. The maximum absolute atomic E-state index is 12.4. The van der Waals surface area contributed by atoms with Crippen molar-refractivity contribution in [3.8, 4) is 10.6 Å². The quantitative estimate of drug-likeness (QED) is 0.608. The third-order valence-electron chi connectivity index (χ3n) is 4.87. The monoisotopic (exact) mass is 437 g/mol. The smallest absolute Gasteiger partial charge is 0.242 e. The highest BCUT2D eigenvalue weighted by Crippen LogP contribution is 2.31. The average molecular weight is 438 g/mol. The molecule has 0 atom stereocenters. The summed E-state index contributed by atoms with van der Waals surface area (Å²) >= 11 is 1.49. The van der Waals surface area contributed by atoms with Gasteiger partial charge in [-0.05, 0) is 36.8 Å². The molecule has 9 nitrogen and oxygen atoms in total. The zero-order valence-electron chi connectivity index (χ0n) is 17.3. The second-order valence-corrected chi connectivity index (χ2v) is 8.18. The van der Waals surface area contributed by atoms with E-state index in [-0.39, 0.29) is 24.9 Å². The Labute approximate surface area is 184 Å². The van der Waals surface area contributed by atoms with Crippen molar-refractivity contribution in [2.24, 2.45) is 0 Å². The Morgan fingerprint density at radius 2 is 2.06 bits per heavy atom. The van der Waals surface area contributed by atoms with Crippen LogP contribution in [0.5, 0.6) is 0 Å². The molecule has 0 saturated carbocycles. The van der Waals surface area contributed by atoms with Gasteiger partial charge in [-0.1, -0.05) is 17.4 Å². The Morgan fingerprint density at radius 3 is 2.84 bits per heavy atom. The van der Waals surface area contributed by atoms with E-state index in [1.54, 1.807) is 24.3 Å². The summed E-state index contributed by atoms with van der Waals surface area (Å²) < 4.78 is 0. The summed E-state index contributed by atoms with van der Waals surface area (Å²) in [5, 5.41) is 6.54. The van der Waals surface area contributed by atoms with Crippen molar-refractivity contribution in [2.45, 2.75) is 6.92 Å². The van der Waals surface area contributed by atoms with Gasteiger partial charge in [0, 0.05) is 32.5 Å². The molecular formula is C21H23N7O2S. The number of hydrogen-bond donors (Lipinski definition) is 2. The number of pyridine rings is 2. The Bertz CT molecular complexity index is 1100. The van der Waals surface area contributed by atoms with Gasteiger partial charge in [-0.3, -0.25) is 9.59 Å². The number of piperazine rings is 1. The number of nitrogens with zero attached hydrogens (tertiary/aromatic N) is 5. The highest BCUT2D eigenvalue weighted by molar-refractivity contribution is 7.18. The molecule has 3 aromatic rings. The van der Waals surface area contributed by atoms with E-state index in [0.717, 1.165) is 27.1 Å². The van der Waals surface area contributed by atoms with E-state index in [1.165, 1.54) is 11.3 Å². The van der Waals surface area contributed by atoms with Gasteiger partial charge in [0.2, 0.25) is 11.8 Å². The topological polar surface area (TPSA) is 103 Å². The zero-order valence-corrected chi connectivity index (χ0v) is 18.1. The van der Waals surface area contributed by atoms with Crippen LogP contribution in [0.2, 0.25) is 0 Å². The fourth-order valence-corrected chi connectivity index (χ4v) is 4.11. The molecule has 0 bridgehead atoms. The zero-order chi connectivity index (χ0) is 21.8. The molecule has 1 saturated heterocycles. The number of anilines is 3. The van der Waals surface area contributed by atoms with Crippen LogP contribution in [-0.4, -0.2) is 64.9 Å². The fraction of sp³-hybridized carbons (Fsp3) is 0.286. The largest absolute Gasteiger partial charge is 0.358 e. The molecule has 2 amide bonds. The predicted molar refractivity (Wildman–Crippen MR) is 120 cm³/mol. The number of nitrogens with one attached hydrogen (secondary N) is 2. The number of likely N-dealkylation sites (N-methyl/N-ethyl adjacent to an activating group) is 1. The van der Waals surface area contributed by atoms with Crippen molar-refractivity contribution in [3.05, 3.63) is 48.3 Å². The van der Waals surface area contributed by atoms with Crippen molar-refractivity contribution >= 4 is 39.9 Å². The van der Waals surface area contributed by atoms with E-state index < -0.39 is 0 Å². The van der Waals surface area contributed by atoms with Gasteiger partial charge < -0.3 is 20.4 Å². The van der Waals surface area contributed by atoms with Crippen LogP contribution >= 0.6 is 11.3 Å². The number of carbonyl (C=O) groups is 2. The van der Waals surface area contributed by atoms with E-state index in [0.29, 0.717) is 18.9 Å². The standard InChI is InChI=1S/C21H23N7O2S/c1-14-6-7-23-18(10-14)26-17-5-3-4-15(25-17)16-11-24-21(31-16)28-9-8-27(20(30)13-28)12-19(29)22-2/h3-7,10-11H,8-9,12-13H2,1-2H3,(H,22,29)(H,23,25,26). The van der Waals surface area contributed by atoms with Crippen molar-refractivity contribution in [1.82, 2.24) is 25.2 Å². The Hall–Kier alpha value is -3.53. The summed E-state index contributed by atoms with van der Waals surface area (Å²) in [5.74, 6) is 1.19. The van der Waals surface area contributed by atoms with Crippen molar-refractivity contribution in [2.75, 3.05) is 43.4 Å². The first-order valence-corrected chi connectivity index (χ1v) is 10.7. The summed E-state index contributed by atoms with van der Waals surface area (Å²) in [6.45, 7) is 3.43. The molecule has 1 aliphatic heterocycles. The van der Waals surface area contributed by atoms with Gasteiger partial charge in [0.05, 0.1) is 23.7 Å². The molecular weight excluding hydrogens is 414 g/mol. The molecule has 0 spiro atoms. The third kappa shape index (κ3) is 4.97. The Balaban J connectivity index is 1.44. The number of carbonyl (C=O) groups excluding carboxylic acids is 2. The minimum absolute atomic E-state index is 0.0819. The van der Waals surface area contributed by atoms with E-state index in [2.05, 4.69) is 25.6 Å². The molecule has 4 heterocycles. The number of thiazole rings is 1. The van der Waals surface area contributed by atoms with Crippen molar-refractivity contribution in [1.29, 1.82) is 0 Å². The van der Waals surface area contributed by atoms with Crippen LogP contribution in [0.1, 0.15) is 5.56 Å². The van der Waals surface area contributed by atoms with Gasteiger partial charge >= 0.3 is 0 Å². The van der Waals surface area contributed by atoms with Crippen LogP contribution in [0.3, 0.4) is 0 Å². The van der Waals surface area contributed by atoms with E-state index in [1.807, 2.05) is 42.2 Å². The Kier molecular flexibility index (Phi) is 6.08. The number of aryl methyl sites for hydroxylation is 1. The first kappa shape index (κ1) is 20.7. The van der Waals surface area contributed by atoms with Crippen molar-refractivity contribution in [3.63, 3.8) is 0 Å². The lowest BCUT2D eigenvalue weighted by Gasteiger charge is -2.33. The molecule has 4 rings (SSSR count). The number of aromatic nitrogens is 3. The lowest BCUT2D eigenvalue weighted by atomic mass is 10.3. The molecule has 1 aliphatic rings. The lowest BCUT2D eigenvalue weighted by molar-refractivity contribution is -0.135. The highest BCUT2D eigenvalue weighted by Gasteiger charge is 2.27. The summed E-state index contributed by atoms with van der Waals surface area (Å²) in [5.41, 5.74) is 1.91. The highest BCUT2D eigenvalue weighted by atomic mass is 32.1. The van der Waals surface area contributed by atoms with E-state index in [4.69, 9.17) is 0 Å². The first-order chi connectivity index (χ1) is 15.0. The normalized spacial score (nSPS) is 13.9. The van der Waals surface area contributed by atoms with E-state index in [9.17, 15) is 9.59 Å². The Morgan fingerprint density at radius 1 is 1.19 bits per heavy atom. The lowest BCUT2D eigenvalue weighted by Crippen LogP contribution is -2.52. The summed E-state index contributed by atoms with van der Waals surface area (Å²) in [4.78, 5) is 41.9. The van der Waals surface area contributed by atoms with Crippen LogP contribution < -0.4 is 15.5 Å². The molecule has 0 unspecified atom stereocenters. The second-order valence-electron chi connectivity index (χ2n) is 7.17. The minimum atomic E-state index is -0.168. The predicted octanol–water partition coefficient (Wildman–Crippen LogP) is 2.05. The first-order valence-electron chi connectivity index (χ1n) is 9.88. The van der Waals surface area contributed by atoms with Crippen LogP contribution in [0.4, 0.5) is 16.8 Å². The molecule has 10 heteroatoms. The van der Waals surface area contributed by atoms with Crippen LogP contribution in [0.25, 0.3) is 10.6 Å². The van der Waals surface area contributed by atoms with Gasteiger partial charge in [0.25, 0.3) is 0 Å². The van der Waals surface area contributed by atoms with Gasteiger partial charge in [-0.25, -0.2) is 15.0 Å². The minimum Gasteiger partial charge on any atom is -0.358 e. The molecule has 1 fully saturated rings. The van der Waals surface area contributed by atoms with Crippen LogP contribution in [0, 0.1) is 6.92 Å². The SMILES string of the molecule is CNC(=O)CN1CCN(c2ncc(-c3cccc(Nc4cc(C)ccn4)n3)s2)CC1=O. The molecule has 3 aromatic heterocycles. The molecule has 2 N–H and O–H groups in total. The second kappa shape index (κ2) is 9.09. The molecule has 0 aromatic carbocycles. The fourth-order valence-electron chi connectivity index (χ4n) is 3.20. The average Bonchev–Trinajstić information content (AvgIpc) is 3.26. The van der Waals surface area contributed by atoms with Gasteiger partial charge in [-0.15, -0.1) is 0 Å². The third-order valence-corrected chi connectivity index (χ3v) is 5.95. The summed E-state index contributed by atoms with van der Waals surface area (Å²) in [6.07, 6.45) is 3.53. The number of amides is 2. The van der Waals surface area contributed by atoms with E-state index >= 15 is 0 Å². The molecule has 0 radical (unpaired) electrons.